The second-order valence-corrected chi connectivity index (χ2v) is 7.85. The number of aromatic nitrogens is 1. The number of hydrogen-bond donors (Lipinski definition) is 0. The Morgan fingerprint density at radius 2 is 2.04 bits per heavy atom. The summed E-state index contributed by atoms with van der Waals surface area (Å²) in [6, 6.07) is 4.75. The lowest BCUT2D eigenvalue weighted by Crippen LogP contribution is -2.47. The number of morpholine rings is 1. The topological polar surface area (TPSA) is 28.6 Å². The summed E-state index contributed by atoms with van der Waals surface area (Å²) < 4.78 is 5.45. The maximum absolute atomic E-state index is 5.45. The van der Waals surface area contributed by atoms with E-state index in [4.69, 9.17) is 4.74 Å². The zero-order valence-electron chi connectivity index (χ0n) is 15.5. The van der Waals surface area contributed by atoms with E-state index >= 15 is 0 Å². The maximum atomic E-state index is 5.45. The van der Waals surface area contributed by atoms with Gasteiger partial charge in [-0.3, -0.25) is 9.88 Å². The number of pyridine rings is 1. The Bertz CT molecular complexity index is 483. The van der Waals surface area contributed by atoms with Gasteiger partial charge >= 0.3 is 0 Å². The lowest BCUT2D eigenvalue weighted by atomic mass is 9.91. The van der Waals surface area contributed by atoms with Crippen LogP contribution in [-0.4, -0.2) is 67.3 Å². The van der Waals surface area contributed by atoms with Gasteiger partial charge in [0.2, 0.25) is 0 Å². The summed E-state index contributed by atoms with van der Waals surface area (Å²) in [6.45, 7) is 15.3. The Balaban J connectivity index is 1.84. The molecule has 0 N–H and O–H groups in total. The van der Waals surface area contributed by atoms with Crippen LogP contribution in [0.25, 0.3) is 0 Å². The molecular formula is C19H33N3O. The molecule has 23 heavy (non-hydrogen) atoms. The fourth-order valence-corrected chi connectivity index (χ4v) is 3.41. The van der Waals surface area contributed by atoms with Gasteiger partial charge in [0.25, 0.3) is 0 Å². The summed E-state index contributed by atoms with van der Waals surface area (Å²) in [4.78, 5) is 9.51. The van der Waals surface area contributed by atoms with Crippen LogP contribution in [0.3, 0.4) is 0 Å². The molecule has 1 aromatic heterocycles. The number of aryl methyl sites for hydroxylation is 1. The van der Waals surface area contributed by atoms with Crippen LogP contribution < -0.4 is 0 Å². The zero-order valence-corrected chi connectivity index (χ0v) is 15.5. The molecule has 2 rings (SSSR count). The number of ether oxygens (including phenoxy) is 1. The number of rotatable bonds is 7. The predicted molar refractivity (Wildman–Crippen MR) is 95.8 cm³/mol. The van der Waals surface area contributed by atoms with E-state index < -0.39 is 0 Å². The van der Waals surface area contributed by atoms with Crippen LogP contribution in [0.2, 0.25) is 0 Å². The molecule has 1 fully saturated rings. The number of hydrogen-bond acceptors (Lipinski definition) is 4. The van der Waals surface area contributed by atoms with Crippen molar-refractivity contribution in [2.75, 3.05) is 46.4 Å². The minimum atomic E-state index is 0.278. The number of likely N-dealkylation sites (N-methyl/N-ethyl adjacent to an activating group) is 1. The van der Waals surface area contributed by atoms with E-state index in [-0.39, 0.29) is 5.41 Å². The highest BCUT2D eigenvalue weighted by molar-refractivity contribution is 5.15. The molecule has 1 saturated heterocycles. The Kier molecular flexibility index (Phi) is 6.57. The molecule has 0 spiro atoms. The first-order valence-electron chi connectivity index (χ1n) is 8.78. The Morgan fingerprint density at radius 1 is 1.35 bits per heavy atom. The van der Waals surface area contributed by atoms with Gasteiger partial charge in [-0.05, 0) is 44.0 Å². The van der Waals surface area contributed by atoms with Crippen molar-refractivity contribution in [2.45, 2.75) is 40.2 Å². The lowest BCUT2D eigenvalue weighted by Gasteiger charge is -2.38. The fourth-order valence-electron chi connectivity index (χ4n) is 3.41. The van der Waals surface area contributed by atoms with Crippen molar-refractivity contribution < 1.29 is 4.74 Å². The third kappa shape index (κ3) is 6.21. The van der Waals surface area contributed by atoms with Gasteiger partial charge in [-0.2, -0.15) is 0 Å². The molecule has 2 heterocycles. The predicted octanol–water partition coefficient (Wildman–Crippen LogP) is 2.61. The second kappa shape index (κ2) is 8.22. The van der Waals surface area contributed by atoms with Gasteiger partial charge in [0, 0.05) is 50.5 Å². The first kappa shape index (κ1) is 18.4. The summed E-state index contributed by atoms with van der Waals surface area (Å²) >= 11 is 0. The van der Waals surface area contributed by atoms with Gasteiger partial charge in [-0.25, -0.2) is 0 Å². The standard InChI is InChI=1S/C19H33N3O/c1-16-6-7-20-18(12-16)13-17(2)21(5)14-19(3,4)15-22-8-10-23-11-9-22/h6-7,12,17H,8-11,13-15H2,1-5H3. The normalized spacial score (nSPS) is 18.3. The van der Waals surface area contributed by atoms with E-state index in [1.807, 2.05) is 6.20 Å². The lowest BCUT2D eigenvalue weighted by molar-refractivity contribution is 0.0145. The van der Waals surface area contributed by atoms with Crippen LogP contribution in [-0.2, 0) is 11.2 Å². The minimum Gasteiger partial charge on any atom is -0.379 e. The highest BCUT2D eigenvalue weighted by Crippen LogP contribution is 2.21. The third-order valence-corrected chi connectivity index (χ3v) is 4.66. The molecule has 0 amide bonds. The van der Waals surface area contributed by atoms with Crippen molar-refractivity contribution in [2.24, 2.45) is 5.41 Å². The van der Waals surface area contributed by atoms with Crippen LogP contribution in [0.5, 0.6) is 0 Å². The first-order valence-corrected chi connectivity index (χ1v) is 8.78. The van der Waals surface area contributed by atoms with Gasteiger partial charge in [0.15, 0.2) is 0 Å². The summed E-state index contributed by atoms with van der Waals surface area (Å²) in [5, 5.41) is 0. The largest absolute Gasteiger partial charge is 0.379 e. The molecule has 0 radical (unpaired) electrons. The molecule has 1 atom stereocenters. The maximum Gasteiger partial charge on any atom is 0.0594 e. The first-order chi connectivity index (χ1) is 10.9. The SMILES string of the molecule is Cc1ccnc(CC(C)N(C)CC(C)(C)CN2CCOCC2)c1. The van der Waals surface area contributed by atoms with E-state index in [9.17, 15) is 0 Å². The van der Waals surface area contributed by atoms with Gasteiger partial charge in [-0.1, -0.05) is 13.8 Å². The molecule has 1 aliphatic rings. The summed E-state index contributed by atoms with van der Waals surface area (Å²) in [5.74, 6) is 0. The molecule has 0 aromatic carbocycles. The average molecular weight is 319 g/mol. The molecule has 1 aliphatic heterocycles. The van der Waals surface area contributed by atoms with Crippen LogP contribution in [0.4, 0.5) is 0 Å². The van der Waals surface area contributed by atoms with E-state index in [0.29, 0.717) is 6.04 Å². The Hall–Kier alpha value is -0.970. The quantitative estimate of drug-likeness (QED) is 0.772. The van der Waals surface area contributed by atoms with Crippen LogP contribution in [0, 0.1) is 12.3 Å². The van der Waals surface area contributed by atoms with Crippen molar-refractivity contribution in [3.05, 3.63) is 29.6 Å². The minimum absolute atomic E-state index is 0.278. The van der Waals surface area contributed by atoms with E-state index in [1.54, 1.807) is 0 Å². The Morgan fingerprint density at radius 3 is 2.70 bits per heavy atom. The van der Waals surface area contributed by atoms with Crippen LogP contribution in [0.15, 0.2) is 18.3 Å². The van der Waals surface area contributed by atoms with Crippen molar-refractivity contribution in [1.82, 2.24) is 14.8 Å². The Labute approximate surface area is 141 Å². The van der Waals surface area contributed by atoms with Crippen LogP contribution in [0.1, 0.15) is 32.0 Å². The summed E-state index contributed by atoms with van der Waals surface area (Å²) in [5.41, 5.74) is 2.76. The molecule has 4 heteroatoms. The zero-order chi connectivity index (χ0) is 16.9. The fraction of sp³-hybridized carbons (Fsp3) is 0.737. The molecule has 1 unspecified atom stereocenters. The third-order valence-electron chi connectivity index (χ3n) is 4.66. The van der Waals surface area contributed by atoms with E-state index in [0.717, 1.165) is 45.8 Å². The smallest absolute Gasteiger partial charge is 0.0594 e. The van der Waals surface area contributed by atoms with Crippen LogP contribution >= 0.6 is 0 Å². The molecule has 130 valence electrons. The molecule has 0 aliphatic carbocycles. The monoisotopic (exact) mass is 319 g/mol. The van der Waals surface area contributed by atoms with Crippen molar-refractivity contribution >= 4 is 0 Å². The van der Waals surface area contributed by atoms with Gasteiger partial charge in [0.1, 0.15) is 0 Å². The number of nitrogens with zero attached hydrogens (tertiary/aromatic N) is 3. The molecule has 1 aromatic rings. The molecule has 0 bridgehead atoms. The van der Waals surface area contributed by atoms with Crippen molar-refractivity contribution in [1.29, 1.82) is 0 Å². The molecule has 0 saturated carbocycles. The van der Waals surface area contributed by atoms with Crippen molar-refractivity contribution in [3.8, 4) is 0 Å². The highest BCUT2D eigenvalue weighted by atomic mass is 16.5. The highest BCUT2D eigenvalue weighted by Gasteiger charge is 2.26. The second-order valence-electron chi connectivity index (χ2n) is 7.85. The molecule has 4 nitrogen and oxygen atoms in total. The summed E-state index contributed by atoms with van der Waals surface area (Å²) in [7, 11) is 2.24. The van der Waals surface area contributed by atoms with Gasteiger partial charge < -0.3 is 9.64 Å². The molecular weight excluding hydrogens is 286 g/mol. The van der Waals surface area contributed by atoms with Crippen molar-refractivity contribution in [3.63, 3.8) is 0 Å². The average Bonchev–Trinajstić information content (AvgIpc) is 2.47. The van der Waals surface area contributed by atoms with E-state index in [1.165, 1.54) is 11.3 Å². The van der Waals surface area contributed by atoms with Gasteiger partial charge in [0.05, 0.1) is 13.2 Å². The van der Waals surface area contributed by atoms with E-state index in [2.05, 4.69) is 61.7 Å². The van der Waals surface area contributed by atoms with Gasteiger partial charge in [-0.15, -0.1) is 0 Å². The summed E-state index contributed by atoms with van der Waals surface area (Å²) in [6.07, 6.45) is 2.92.